The van der Waals surface area contributed by atoms with Crippen LogP contribution in [0.4, 0.5) is 10.1 Å². The van der Waals surface area contributed by atoms with Crippen molar-refractivity contribution in [3.8, 4) is 11.5 Å². The minimum Gasteiger partial charge on any atom is -0.496 e. The maximum atomic E-state index is 14.6. The highest BCUT2D eigenvalue weighted by atomic mass is 79.9. The molecular formula is C31H34BrFN2O5. The summed E-state index contributed by atoms with van der Waals surface area (Å²) in [7, 11) is 1.59. The van der Waals surface area contributed by atoms with Crippen LogP contribution >= 0.6 is 15.9 Å². The van der Waals surface area contributed by atoms with Gasteiger partial charge in [0.05, 0.1) is 32.6 Å². The van der Waals surface area contributed by atoms with Gasteiger partial charge in [0.15, 0.2) is 0 Å². The number of carbonyl (C=O) groups excluding carboxylic acids is 2. The minimum atomic E-state index is -1.08. The van der Waals surface area contributed by atoms with E-state index >= 15 is 0 Å². The largest absolute Gasteiger partial charge is 0.496 e. The normalized spacial score (nSPS) is 18.4. The van der Waals surface area contributed by atoms with Gasteiger partial charge in [-0.1, -0.05) is 41.9 Å². The average Bonchev–Trinajstić information content (AvgIpc) is 3.03. The van der Waals surface area contributed by atoms with Gasteiger partial charge in [-0.05, 0) is 53.9 Å². The molecule has 2 amide bonds. The standard InChI is InChI=1S/C31H34BrFN2O5/c1-4-19(5-2)29(36)34-28-30(37)35(18-24-23-9-7-21(32)16-20(23)6-11-26(24)38-3)25-10-8-22(33)17-27(25)40-31(28)12-14-39-15-13-31/h6-11,16-17,19,28H,4-5,12-15,18H2,1-3H3,(H,34,36)/t28-/m1/s1. The number of nitrogens with one attached hydrogen (secondary N) is 1. The summed E-state index contributed by atoms with van der Waals surface area (Å²) in [5.74, 6) is -0.338. The highest BCUT2D eigenvalue weighted by Crippen LogP contribution is 2.43. The number of benzene rings is 3. The molecule has 1 spiro atoms. The van der Waals surface area contributed by atoms with Crippen LogP contribution in [-0.2, 0) is 20.9 Å². The topological polar surface area (TPSA) is 77.1 Å². The number of rotatable bonds is 7. The van der Waals surface area contributed by atoms with E-state index in [1.165, 1.54) is 12.1 Å². The first-order chi connectivity index (χ1) is 19.3. The van der Waals surface area contributed by atoms with E-state index in [0.29, 0.717) is 50.3 Å². The molecule has 5 rings (SSSR count). The third-order valence-corrected chi connectivity index (χ3v) is 8.63. The number of methoxy groups -OCH3 is 1. The van der Waals surface area contributed by atoms with Gasteiger partial charge in [-0.15, -0.1) is 0 Å². The summed E-state index contributed by atoms with van der Waals surface area (Å²) in [6.07, 6.45) is 2.06. The molecule has 1 N–H and O–H groups in total. The molecule has 40 heavy (non-hydrogen) atoms. The molecule has 0 saturated carbocycles. The first-order valence-corrected chi connectivity index (χ1v) is 14.5. The summed E-state index contributed by atoms with van der Waals surface area (Å²) in [6.45, 7) is 4.77. The number of fused-ring (bicyclic) bond motifs is 2. The summed E-state index contributed by atoms with van der Waals surface area (Å²) in [5.41, 5.74) is 0.152. The third-order valence-electron chi connectivity index (χ3n) is 8.13. The number of anilines is 1. The second kappa shape index (κ2) is 11.7. The van der Waals surface area contributed by atoms with Crippen LogP contribution in [0.5, 0.6) is 11.5 Å². The third kappa shape index (κ3) is 5.29. The zero-order chi connectivity index (χ0) is 28.4. The Morgan fingerprint density at radius 3 is 2.60 bits per heavy atom. The van der Waals surface area contributed by atoms with Crippen LogP contribution in [0.15, 0.2) is 53.0 Å². The van der Waals surface area contributed by atoms with Crippen LogP contribution in [0, 0.1) is 11.7 Å². The molecule has 7 nitrogen and oxygen atoms in total. The van der Waals surface area contributed by atoms with Gasteiger partial charge >= 0.3 is 0 Å². The molecule has 9 heteroatoms. The number of hydrogen-bond acceptors (Lipinski definition) is 5. The van der Waals surface area contributed by atoms with Gasteiger partial charge in [-0.2, -0.15) is 0 Å². The predicted octanol–water partition coefficient (Wildman–Crippen LogP) is 6.15. The van der Waals surface area contributed by atoms with Crippen molar-refractivity contribution < 1.29 is 28.2 Å². The highest BCUT2D eigenvalue weighted by molar-refractivity contribution is 9.10. The molecule has 212 valence electrons. The van der Waals surface area contributed by atoms with E-state index in [2.05, 4.69) is 21.2 Å². The lowest BCUT2D eigenvalue weighted by Crippen LogP contribution is -2.64. The number of ether oxygens (including phenoxy) is 3. The smallest absolute Gasteiger partial charge is 0.254 e. The fourth-order valence-corrected chi connectivity index (χ4v) is 6.19. The first-order valence-electron chi connectivity index (χ1n) is 13.7. The Morgan fingerprint density at radius 1 is 1.15 bits per heavy atom. The van der Waals surface area contributed by atoms with Crippen LogP contribution in [0.25, 0.3) is 10.8 Å². The van der Waals surface area contributed by atoms with E-state index in [-0.39, 0.29) is 30.0 Å². The minimum absolute atomic E-state index is 0.132. The Bertz CT molecular complexity index is 1420. The van der Waals surface area contributed by atoms with Crippen molar-refractivity contribution in [1.29, 1.82) is 0 Å². The summed E-state index contributed by atoms with van der Waals surface area (Å²) in [6, 6.07) is 13.0. The molecule has 0 radical (unpaired) electrons. The lowest BCUT2D eigenvalue weighted by Gasteiger charge is -2.41. The maximum absolute atomic E-state index is 14.6. The van der Waals surface area contributed by atoms with Crippen molar-refractivity contribution in [3.63, 3.8) is 0 Å². The molecule has 2 aliphatic heterocycles. The number of amides is 2. The number of carbonyl (C=O) groups is 2. The zero-order valence-electron chi connectivity index (χ0n) is 23.0. The van der Waals surface area contributed by atoms with Crippen molar-refractivity contribution in [1.82, 2.24) is 5.32 Å². The molecule has 3 aromatic carbocycles. The maximum Gasteiger partial charge on any atom is 0.254 e. The Labute approximate surface area is 242 Å². The van der Waals surface area contributed by atoms with Gasteiger partial charge in [-0.25, -0.2) is 4.39 Å². The van der Waals surface area contributed by atoms with E-state index in [0.717, 1.165) is 20.8 Å². The summed E-state index contributed by atoms with van der Waals surface area (Å²) >= 11 is 3.54. The van der Waals surface area contributed by atoms with Crippen molar-refractivity contribution in [2.75, 3.05) is 25.2 Å². The summed E-state index contributed by atoms with van der Waals surface area (Å²) < 4.78 is 33.5. The van der Waals surface area contributed by atoms with Gasteiger partial charge in [0.2, 0.25) is 5.91 Å². The van der Waals surface area contributed by atoms with Crippen LogP contribution in [0.1, 0.15) is 45.1 Å². The van der Waals surface area contributed by atoms with Gasteiger partial charge in [0.25, 0.3) is 5.91 Å². The average molecular weight is 614 g/mol. The van der Waals surface area contributed by atoms with E-state index in [1.54, 1.807) is 18.1 Å². The fourth-order valence-electron chi connectivity index (χ4n) is 5.81. The zero-order valence-corrected chi connectivity index (χ0v) is 24.6. The Hall–Kier alpha value is -3.17. The highest BCUT2D eigenvalue weighted by Gasteiger charge is 2.52. The molecule has 0 bridgehead atoms. The molecule has 1 fully saturated rings. The van der Waals surface area contributed by atoms with Gasteiger partial charge in [-0.3, -0.25) is 9.59 Å². The Morgan fingerprint density at radius 2 is 1.90 bits per heavy atom. The predicted molar refractivity (Wildman–Crippen MR) is 155 cm³/mol. The quantitative estimate of drug-likeness (QED) is 0.346. The molecule has 0 aromatic heterocycles. The summed E-state index contributed by atoms with van der Waals surface area (Å²) in [5, 5.41) is 4.96. The number of halogens is 2. The summed E-state index contributed by atoms with van der Waals surface area (Å²) in [4.78, 5) is 29.6. The van der Waals surface area contributed by atoms with Crippen LogP contribution in [0.3, 0.4) is 0 Å². The number of nitrogens with zero attached hydrogens (tertiary/aromatic N) is 1. The molecule has 2 aliphatic rings. The van der Waals surface area contributed by atoms with Crippen LogP contribution in [-0.4, -0.2) is 43.8 Å². The fraction of sp³-hybridized carbons (Fsp3) is 0.419. The van der Waals surface area contributed by atoms with Crippen molar-refractivity contribution >= 4 is 44.2 Å². The van der Waals surface area contributed by atoms with Gasteiger partial charge in [0, 0.05) is 34.9 Å². The lowest BCUT2D eigenvalue weighted by molar-refractivity contribution is -0.139. The van der Waals surface area contributed by atoms with E-state index in [9.17, 15) is 14.0 Å². The van der Waals surface area contributed by atoms with E-state index < -0.39 is 17.5 Å². The molecule has 1 atom stereocenters. The SMILES string of the molecule is CCC(CC)C(=O)N[C@@H]1C(=O)N(Cc2c(OC)ccc3cc(Br)ccc23)c2ccc(F)cc2OC12CCOCC2. The van der Waals surface area contributed by atoms with E-state index in [4.69, 9.17) is 14.2 Å². The first kappa shape index (κ1) is 28.4. The molecule has 0 aliphatic carbocycles. The molecule has 0 unspecified atom stereocenters. The lowest BCUT2D eigenvalue weighted by atomic mass is 9.84. The Kier molecular flexibility index (Phi) is 8.33. The number of hydrogen-bond donors (Lipinski definition) is 1. The van der Waals surface area contributed by atoms with E-state index in [1.807, 2.05) is 44.2 Å². The second-order valence-corrected chi connectivity index (χ2v) is 11.3. The monoisotopic (exact) mass is 612 g/mol. The van der Waals surface area contributed by atoms with Crippen molar-refractivity contribution in [3.05, 3.63) is 64.4 Å². The Balaban J connectivity index is 1.66. The second-order valence-electron chi connectivity index (χ2n) is 10.4. The van der Waals surface area contributed by atoms with Crippen molar-refractivity contribution in [2.45, 2.75) is 57.7 Å². The molecule has 1 saturated heterocycles. The van der Waals surface area contributed by atoms with Gasteiger partial charge < -0.3 is 24.4 Å². The van der Waals surface area contributed by atoms with Crippen LogP contribution in [0.2, 0.25) is 0 Å². The van der Waals surface area contributed by atoms with Crippen LogP contribution < -0.4 is 19.7 Å². The molecular weight excluding hydrogens is 579 g/mol. The van der Waals surface area contributed by atoms with Gasteiger partial charge in [0.1, 0.15) is 29.0 Å². The molecule has 2 heterocycles. The van der Waals surface area contributed by atoms with Crippen molar-refractivity contribution in [2.24, 2.45) is 5.92 Å². The molecule has 3 aromatic rings.